The van der Waals surface area contributed by atoms with E-state index in [1.54, 1.807) is 30.5 Å². The smallest absolute Gasteiger partial charge is 0.255 e. The highest BCUT2D eigenvalue weighted by molar-refractivity contribution is 6.03. The van der Waals surface area contributed by atoms with E-state index >= 15 is 0 Å². The summed E-state index contributed by atoms with van der Waals surface area (Å²) in [7, 11) is 0. The molecule has 0 unspecified atom stereocenters. The van der Waals surface area contributed by atoms with Crippen LogP contribution in [0, 0.1) is 0 Å². The van der Waals surface area contributed by atoms with Crippen LogP contribution in [0.15, 0.2) is 59.2 Å². The molecule has 0 aliphatic heterocycles. The molecule has 2 N–H and O–H groups in total. The van der Waals surface area contributed by atoms with Crippen LogP contribution in [0.25, 0.3) is 10.8 Å². The zero-order valence-corrected chi connectivity index (χ0v) is 11.5. The van der Waals surface area contributed by atoms with Crippen molar-refractivity contribution in [3.05, 3.63) is 66.1 Å². The highest BCUT2D eigenvalue weighted by atomic mass is 16.3. The molecule has 4 nitrogen and oxygen atoms in total. The number of rotatable bonds is 3. The Balaban J connectivity index is 1.90. The minimum atomic E-state index is -0.331. The van der Waals surface area contributed by atoms with Crippen LogP contribution in [-0.4, -0.2) is 11.0 Å². The van der Waals surface area contributed by atoms with Crippen LogP contribution in [0.2, 0.25) is 0 Å². The van der Waals surface area contributed by atoms with Gasteiger partial charge in [0.1, 0.15) is 11.5 Å². The maximum absolute atomic E-state index is 12.3. The van der Waals surface area contributed by atoms with Crippen molar-refractivity contribution in [1.29, 1.82) is 0 Å². The number of carbonyl (C=O) groups is 1. The topological polar surface area (TPSA) is 62.5 Å². The molecule has 0 fully saturated rings. The third-order valence-corrected chi connectivity index (χ3v) is 3.46. The molecule has 0 saturated carbocycles. The normalized spacial score (nSPS) is 12.2. The molecule has 0 saturated heterocycles. The summed E-state index contributed by atoms with van der Waals surface area (Å²) in [6, 6.07) is 14.1. The standard InChI is InChI=1S/C17H15NO3/c1-11(15-7-4-10-21-15)18-17(20)14-9-8-12-5-2-3-6-13(12)16(14)19/h2-11,19H,1H3,(H,18,20)/t11-/m1/s1. The number of hydrogen-bond acceptors (Lipinski definition) is 3. The molecule has 4 heteroatoms. The minimum Gasteiger partial charge on any atom is -0.506 e. The second-order valence-corrected chi connectivity index (χ2v) is 4.89. The number of aromatic hydroxyl groups is 1. The fraction of sp³-hybridized carbons (Fsp3) is 0.118. The van der Waals surface area contributed by atoms with Crippen molar-refractivity contribution in [3.8, 4) is 5.75 Å². The molecular weight excluding hydrogens is 266 g/mol. The third-order valence-electron chi connectivity index (χ3n) is 3.46. The van der Waals surface area contributed by atoms with E-state index in [1.807, 2.05) is 31.2 Å². The van der Waals surface area contributed by atoms with E-state index in [1.165, 1.54) is 0 Å². The summed E-state index contributed by atoms with van der Waals surface area (Å²) in [6.07, 6.45) is 1.56. The van der Waals surface area contributed by atoms with Crippen molar-refractivity contribution in [2.75, 3.05) is 0 Å². The summed E-state index contributed by atoms with van der Waals surface area (Å²) < 4.78 is 5.26. The summed E-state index contributed by atoms with van der Waals surface area (Å²) in [6.45, 7) is 1.83. The van der Waals surface area contributed by atoms with E-state index in [-0.39, 0.29) is 23.3 Å². The largest absolute Gasteiger partial charge is 0.506 e. The van der Waals surface area contributed by atoms with Crippen LogP contribution in [0.1, 0.15) is 29.1 Å². The van der Waals surface area contributed by atoms with Crippen molar-refractivity contribution in [2.45, 2.75) is 13.0 Å². The molecule has 3 rings (SSSR count). The van der Waals surface area contributed by atoms with Gasteiger partial charge in [0.15, 0.2) is 0 Å². The Bertz CT molecular complexity index is 778. The second kappa shape index (κ2) is 5.32. The van der Waals surface area contributed by atoms with Gasteiger partial charge in [-0.2, -0.15) is 0 Å². The maximum atomic E-state index is 12.3. The molecule has 0 bridgehead atoms. The van der Waals surface area contributed by atoms with Gasteiger partial charge in [0.05, 0.1) is 17.9 Å². The van der Waals surface area contributed by atoms with Gasteiger partial charge in [-0.25, -0.2) is 0 Å². The molecule has 0 aliphatic rings. The van der Waals surface area contributed by atoms with E-state index in [4.69, 9.17) is 4.42 Å². The van der Waals surface area contributed by atoms with Crippen LogP contribution in [0.3, 0.4) is 0 Å². The fourth-order valence-corrected chi connectivity index (χ4v) is 2.32. The summed E-state index contributed by atoms with van der Waals surface area (Å²) in [5, 5.41) is 14.6. The van der Waals surface area contributed by atoms with Gasteiger partial charge in [-0.3, -0.25) is 4.79 Å². The monoisotopic (exact) mass is 281 g/mol. The number of phenols is 1. The lowest BCUT2D eigenvalue weighted by molar-refractivity contribution is 0.0933. The lowest BCUT2D eigenvalue weighted by atomic mass is 10.0. The zero-order valence-electron chi connectivity index (χ0n) is 11.5. The summed E-state index contributed by atoms with van der Waals surface area (Å²) in [5.41, 5.74) is 0.257. The van der Waals surface area contributed by atoms with Crippen LogP contribution < -0.4 is 5.32 Å². The Hall–Kier alpha value is -2.75. The van der Waals surface area contributed by atoms with Crippen molar-refractivity contribution >= 4 is 16.7 Å². The van der Waals surface area contributed by atoms with Crippen molar-refractivity contribution in [2.24, 2.45) is 0 Å². The van der Waals surface area contributed by atoms with Gasteiger partial charge in [0.2, 0.25) is 0 Å². The van der Waals surface area contributed by atoms with Gasteiger partial charge < -0.3 is 14.8 Å². The first-order valence-electron chi connectivity index (χ1n) is 6.72. The molecule has 106 valence electrons. The van der Waals surface area contributed by atoms with E-state index in [0.717, 1.165) is 5.39 Å². The fourth-order valence-electron chi connectivity index (χ4n) is 2.32. The summed E-state index contributed by atoms with van der Waals surface area (Å²) in [4.78, 5) is 12.3. The van der Waals surface area contributed by atoms with Gasteiger partial charge in [-0.05, 0) is 30.5 Å². The number of hydrogen-bond donors (Lipinski definition) is 2. The van der Waals surface area contributed by atoms with Crippen LogP contribution in [0.5, 0.6) is 5.75 Å². The van der Waals surface area contributed by atoms with Gasteiger partial charge in [-0.1, -0.05) is 30.3 Å². The Morgan fingerprint density at radius 1 is 1.14 bits per heavy atom. The van der Waals surface area contributed by atoms with E-state index in [9.17, 15) is 9.90 Å². The van der Waals surface area contributed by atoms with Gasteiger partial charge in [0, 0.05) is 5.39 Å². The van der Waals surface area contributed by atoms with Crippen LogP contribution in [0.4, 0.5) is 0 Å². The predicted octanol–water partition coefficient (Wildman–Crippen LogP) is 3.63. The Kier molecular flexibility index (Phi) is 3.36. The molecular formula is C17H15NO3. The zero-order chi connectivity index (χ0) is 14.8. The molecule has 3 aromatic rings. The SMILES string of the molecule is C[C@@H](NC(=O)c1ccc2ccccc2c1O)c1ccco1. The van der Waals surface area contributed by atoms with Crippen molar-refractivity contribution < 1.29 is 14.3 Å². The first-order valence-corrected chi connectivity index (χ1v) is 6.72. The highest BCUT2D eigenvalue weighted by Crippen LogP contribution is 2.28. The quantitative estimate of drug-likeness (QED) is 0.770. The number of benzene rings is 2. The number of phenolic OH excluding ortho intramolecular Hbond substituents is 1. The molecule has 1 amide bonds. The lowest BCUT2D eigenvalue weighted by Crippen LogP contribution is -2.26. The Labute approximate surface area is 122 Å². The van der Waals surface area contributed by atoms with Crippen LogP contribution in [-0.2, 0) is 0 Å². The van der Waals surface area contributed by atoms with E-state index in [0.29, 0.717) is 11.1 Å². The predicted molar refractivity (Wildman–Crippen MR) is 80.2 cm³/mol. The minimum absolute atomic E-state index is 0.00255. The number of furan rings is 1. The highest BCUT2D eigenvalue weighted by Gasteiger charge is 2.17. The molecule has 1 aromatic heterocycles. The van der Waals surface area contributed by atoms with Crippen molar-refractivity contribution in [1.82, 2.24) is 5.32 Å². The molecule has 21 heavy (non-hydrogen) atoms. The molecule has 2 aromatic carbocycles. The molecule has 0 aliphatic carbocycles. The average Bonchev–Trinajstić information content (AvgIpc) is 3.02. The lowest BCUT2D eigenvalue weighted by Gasteiger charge is -2.13. The molecule has 0 spiro atoms. The average molecular weight is 281 g/mol. The Morgan fingerprint density at radius 3 is 2.71 bits per heavy atom. The van der Waals surface area contributed by atoms with E-state index < -0.39 is 0 Å². The molecule has 0 radical (unpaired) electrons. The number of fused-ring (bicyclic) bond motifs is 1. The Morgan fingerprint density at radius 2 is 1.95 bits per heavy atom. The van der Waals surface area contributed by atoms with Crippen molar-refractivity contribution in [3.63, 3.8) is 0 Å². The molecule has 1 heterocycles. The van der Waals surface area contributed by atoms with Crippen LogP contribution >= 0.6 is 0 Å². The van der Waals surface area contributed by atoms with Gasteiger partial charge in [0.25, 0.3) is 5.91 Å². The molecule has 1 atom stereocenters. The second-order valence-electron chi connectivity index (χ2n) is 4.89. The number of carbonyl (C=O) groups excluding carboxylic acids is 1. The van der Waals surface area contributed by atoms with Gasteiger partial charge >= 0.3 is 0 Å². The summed E-state index contributed by atoms with van der Waals surface area (Å²) >= 11 is 0. The summed E-state index contributed by atoms with van der Waals surface area (Å²) in [5.74, 6) is 0.336. The first kappa shape index (κ1) is 13.2. The van der Waals surface area contributed by atoms with Gasteiger partial charge in [-0.15, -0.1) is 0 Å². The first-order chi connectivity index (χ1) is 10.2. The third kappa shape index (κ3) is 2.48. The van der Waals surface area contributed by atoms with E-state index in [2.05, 4.69) is 5.32 Å². The maximum Gasteiger partial charge on any atom is 0.255 e. The number of amides is 1. The number of nitrogens with one attached hydrogen (secondary N) is 1.